The lowest BCUT2D eigenvalue weighted by Gasteiger charge is -2.08. The number of amides is 1. The predicted molar refractivity (Wildman–Crippen MR) is 104 cm³/mol. The first-order valence-corrected chi connectivity index (χ1v) is 8.58. The Morgan fingerprint density at radius 1 is 1.25 bits per heavy atom. The molecule has 2 rings (SSSR count). The van der Waals surface area contributed by atoms with Gasteiger partial charge in [-0.3, -0.25) is 9.59 Å². The standard InChI is InChI=1S/C19H22N6O3/c1-2-28-16(26)9-13-4-3-5-14(8-13)11-22-12-15(10-20)25-19(27)17-18(21)24-7-6-23-17/h3-8,10,12,20,22H,2,9,11H2,1H3,(H2,21,24)(H,25,27)/b15-12+,20-10?. The Morgan fingerprint density at radius 2 is 2.00 bits per heavy atom. The van der Waals surface area contributed by atoms with Gasteiger partial charge in [-0.2, -0.15) is 0 Å². The van der Waals surface area contributed by atoms with E-state index >= 15 is 0 Å². The number of nitrogens with zero attached hydrogens (tertiary/aromatic N) is 2. The first kappa shape index (κ1) is 20.6. The van der Waals surface area contributed by atoms with Crippen LogP contribution < -0.4 is 16.4 Å². The van der Waals surface area contributed by atoms with Crippen LogP contribution in [0.3, 0.4) is 0 Å². The van der Waals surface area contributed by atoms with E-state index in [1.807, 2.05) is 24.3 Å². The minimum absolute atomic E-state index is 0.00991. The zero-order valence-electron chi connectivity index (χ0n) is 15.4. The van der Waals surface area contributed by atoms with Gasteiger partial charge in [-0.25, -0.2) is 9.97 Å². The molecule has 1 aromatic heterocycles. The van der Waals surface area contributed by atoms with Crippen LogP contribution in [0.5, 0.6) is 0 Å². The van der Waals surface area contributed by atoms with Crippen LogP contribution in [0.15, 0.2) is 48.6 Å². The van der Waals surface area contributed by atoms with E-state index in [-0.39, 0.29) is 29.6 Å². The van der Waals surface area contributed by atoms with Crippen molar-refractivity contribution < 1.29 is 14.3 Å². The summed E-state index contributed by atoms with van der Waals surface area (Å²) in [5.41, 5.74) is 7.63. The minimum atomic E-state index is -0.557. The normalized spacial score (nSPS) is 10.8. The first-order chi connectivity index (χ1) is 13.5. The number of hydrogen-bond acceptors (Lipinski definition) is 8. The van der Waals surface area contributed by atoms with Gasteiger partial charge in [-0.05, 0) is 18.1 Å². The maximum absolute atomic E-state index is 12.2. The molecule has 0 saturated carbocycles. The quantitative estimate of drug-likeness (QED) is 0.376. The van der Waals surface area contributed by atoms with Gasteiger partial charge in [0.2, 0.25) is 0 Å². The number of carbonyl (C=O) groups excluding carboxylic acids is 2. The van der Waals surface area contributed by atoms with Crippen LogP contribution in [0.25, 0.3) is 0 Å². The van der Waals surface area contributed by atoms with Gasteiger partial charge in [-0.1, -0.05) is 24.3 Å². The summed E-state index contributed by atoms with van der Waals surface area (Å²) in [6.45, 7) is 2.56. The average Bonchev–Trinajstić information content (AvgIpc) is 2.68. The molecular weight excluding hydrogens is 360 g/mol. The van der Waals surface area contributed by atoms with Crippen LogP contribution in [0, 0.1) is 5.41 Å². The molecule has 9 nitrogen and oxygen atoms in total. The number of benzene rings is 1. The Hall–Kier alpha value is -3.75. The highest BCUT2D eigenvalue weighted by Crippen LogP contribution is 2.07. The summed E-state index contributed by atoms with van der Waals surface area (Å²) in [5.74, 6) is -0.820. The SMILES string of the molecule is CCOC(=O)Cc1cccc(CN/C=C(\C=N)NC(=O)c2nccnc2N)c1. The van der Waals surface area contributed by atoms with Crippen molar-refractivity contribution in [2.24, 2.45) is 0 Å². The predicted octanol–water partition coefficient (Wildman–Crippen LogP) is 1.17. The molecule has 0 atom stereocenters. The van der Waals surface area contributed by atoms with Gasteiger partial charge in [0, 0.05) is 31.4 Å². The summed E-state index contributed by atoms with van der Waals surface area (Å²) in [7, 11) is 0. The van der Waals surface area contributed by atoms with Crippen molar-refractivity contribution in [3.8, 4) is 0 Å². The lowest BCUT2D eigenvalue weighted by atomic mass is 10.1. The number of ether oxygens (including phenoxy) is 1. The number of nitrogen functional groups attached to an aromatic ring is 1. The number of anilines is 1. The second kappa shape index (κ2) is 10.4. The van der Waals surface area contributed by atoms with Crippen molar-refractivity contribution >= 4 is 23.9 Å². The molecule has 1 heterocycles. The molecule has 0 unspecified atom stereocenters. The molecule has 146 valence electrons. The third kappa shape index (κ3) is 6.20. The van der Waals surface area contributed by atoms with E-state index in [1.165, 1.54) is 18.6 Å². The molecule has 28 heavy (non-hydrogen) atoms. The van der Waals surface area contributed by atoms with E-state index in [4.69, 9.17) is 15.9 Å². The summed E-state index contributed by atoms with van der Waals surface area (Å²) in [4.78, 5) is 31.4. The molecule has 0 aliphatic carbocycles. The lowest BCUT2D eigenvalue weighted by Crippen LogP contribution is -2.27. The maximum Gasteiger partial charge on any atom is 0.310 e. The van der Waals surface area contributed by atoms with Gasteiger partial charge in [0.05, 0.1) is 18.7 Å². The number of esters is 1. The number of allylic oxidation sites excluding steroid dienone is 1. The molecule has 9 heteroatoms. The second-order valence-corrected chi connectivity index (χ2v) is 5.67. The molecule has 0 spiro atoms. The molecule has 2 aromatic rings. The summed E-state index contributed by atoms with van der Waals surface area (Å²) in [6, 6.07) is 7.50. The van der Waals surface area contributed by atoms with Crippen molar-refractivity contribution in [2.75, 3.05) is 12.3 Å². The van der Waals surface area contributed by atoms with E-state index in [2.05, 4.69) is 20.6 Å². The molecule has 0 radical (unpaired) electrons. The second-order valence-electron chi connectivity index (χ2n) is 5.67. The molecule has 0 fully saturated rings. The van der Waals surface area contributed by atoms with E-state index in [0.717, 1.165) is 17.3 Å². The third-order valence-corrected chi connectivity index (χ3v) is 3.56. The number of aromatic nitrogens is 2. The van der Waals surface area contributed by atoms with E-state index in [0.29, 0.717) is 13.2 Å². The van der Waals surface area contributed by atoms with Crippen LogP contribution in [0.1, 0.15) is 28.5 Å². The maximum atomic E-state index is 12.2. The lowest BCUT2D eigenvalue weighted by molar-refractivity contribution is -0.142. The highest BCUT2D eigenvalue weighted by molar-refractivity contribution is 5.99. The highest BCUT2D eigenvalue weighted by atomic mass is 16.5. The van der Waals surface area contributed by atoms with Gasteiger partial charge in [0.1, 0.15) is 0 Å². The van der Waals surface area contributed by atoms with Gasteiger partial charge in [0.25, 0.3) is 5.91 Å². The summed E-state index contributed by atoms with van der Waals surface area (Å²) in [6.07, 6.45) is 5.45. The van der Waals surface area contributed by atoms with Crippen molar-refractivity contribution in [2.45, 2.75) is 19.9 Å². The van der Waals surface area contributed by atoms with Crippen molar-refractivity contribution in [3.63, 3.8) is 0 Å². The zero-order valence-corrected chi connectivity index (χ0v) is 15.4. The van der Waals surface area contributed by atoms with Gasteiger partial charge >= 0.3 is 5.97 Å². The van der Waals surface area contributed by atoms with Crippen molar-refractivity contribution in [3.05, 3.63) is 65.4 Å². The van der Waals surface area contributed by atoms with Crippen LogP contribution in [0.2, 0.25) is 0 Å². The number of rotatable bonds is 9. The fraction of sp³-hybridized carbons (Fsp3) is 0.211. The van der Waals surface area contributed by atoms with Gasteiger partial charge in [-0.15, -0.1) is 0 Å². The van der Waals surface area contributed by atoms with E-state index in [1.54, 1.807) is 6.92 Å². The van der Waals surface area contributed by atoms with Crippen LogP contribution in [-0.4, -0.2) is 34.7 Å². The van der Waals surface area contributed by atoms with Crippen molar-refractivity contribution in [1.82, 2.24) is 20.6 Å². The molecule has 1 aromatic carbocycles. The summed E-state index contributed by atoms with van der Waals surface area (Å²) in [5, 5.41) is 13.0. The average molecular weight is 382 g/mol. The molecule has 0 aliphatic rings. The highest BCUT2D eigenvalue weighted by Gasteiger charge is 2.12. The Bertz CT molecular complexity index is 881. The largest absolute Gasteiger partial charge is 0.466 e. The van der Waals surface area contributed by atoms with Gasteiger partial charge < -0.3 is 26.5 Å². The minimum Gasteiger partial charge on any atom is -0.466 e. The molecule has 1 amide bonds. The first-order valence-electron chi connectivity index (χ1n) is 8.58. The van der Waals surface area contributed by atoms with Crippen LogP contribution in [-0.2, 0) is 22.5 Å². The van der Waals surface area contributed by atoms with Crippen LogP contribution in [0.4, 0.5) is 5.82 Å². The summed E-state index contributed by atoms with van der Waals surface area (Å²) < 4.78 is 4.95. The smallest absolute Gasteiger partial charge is 0.310 e. The van der Waals surface area contributed by atoms with Gasteiger partial charge in [0.15, 0.2) is 11.5 Å². The fourth-order valence-electron chi connectivity index (χ4n) is 2.33. The van der Waals surface area contributed by atoms with Crippen molar-refractivity contribution in [1.29, 1.82) is 5.41 Å². The Morgan fingerprint density at radius 3 is 2.71 bits per heavy atom. The van der Waals surface area contributed by atoms with E-state index in [9.17, 15) is 9.59 Å². The fourth-order valence-corrected chi connectivity index (χ4v) is 2.33. The molecule has 0 aliphatic heterocycles. The molecule has 0 saturated heterocycles. The number of hydrogen-bond donors (Lipinski definition) is 4. The van der Waals surface area contributed by atoms with E-state index < -0.39 is 5.91 Å². The molecule has 5 N–H and O–H groups in total. The number of carbonyl (C=O) groups is 2. The Labute approximate surface area is 162 Å². The molecule has 0 bridgehead atoms. The number of nitrogens with one attached hydrogen (secondary N) is 3. The third-order valence-electron chi connectivity index (χ3n) is 3.56. The van der Waals surface area contributed by atoms with Crippen LogP contribution >= 0.6 is 0 Å². The number of nitrogens with two attached hydrogens (primary N) is 1. The zero-order chi connectivity index (χ0) is 20.4. The Kier molecular flexibility index (Phi) is 7.64. The molecular formula is C19H22N6O3. The topological polar surface area (TPSA) is 143 Å². The monoisotopic (exact) mass is 382 g/mol. The summed E-state index contributed by atoms with van der Waals surface area (Å²) >= 11 is 0. The Balaban J connectivity index is 1.95.